The molecule has 1 radical (unpaired) electrons. The number of nitro groups is 1. The highest BCUT2D eigenvalue weighted by Crippen LogP contribution is 1.98. The molecule has 0 saturated heterocycles. The van der Waals surface area contributed by atoms with Gasteiger partial charge in [-0.15, -0.1) is 0 Å². The molecule has 0 aliphatic rings. The Bertz CT molecular complexity index is 337. The van der Waals surface area contributed by atoms with Gasteiger partial charge in [-0.05, 0) is 12.1 Å². The fourth-order valence-corrected chi connectivity index (χ4v) is 0.877. The van der Waals surface area contributed by atoms with Crippen LogP contribution in [0, 0.1) is 17.0 Å². The second-order valence-corrected chi connectivity index (χ2v) is 2.64. The normalized spacial score (nSPS) is 11.8. The van der Waals surface area contributed by atoms with Crippen LogP contribution >= 0.6 is 0 Å². The van der Waals surface area contributed by atoms with Crippen molar-refractivity contribution in [3.05, 3.63) is 52.9 Å². The van der Waals surface area contributed by atoms with Crippen LogP contribution in [0.1, 0.15) is 10.4 Å². The molecule has 73 valence electrons. The lowest BCUT2D eigenvalue weighted by Crippen LogP contribution is -2.38. The standard InChI is InChI=1S/C9H9N2O3/c1-7(11(13)14)10-9(12)8-5-3-2-4-6-8/h2-7H,1H2,(H,10,12). The number of amides is 1. The van der Waals surface area contributed by atoms with E-state index in [9.17, 15) is 14.9 Å². The summed E-state index contributed by atoms with van der Waals surface area (Å²) >= 11 is 0. The maximum atomic E-state index is 11.3. The molecule has 0 aliphatic carbocycles. The molecule has 1 aromatic carbocycles. The molecule has 0 aliphatic heterocycles. The van der Waals surface area contributed by atoms with Crippen molar-refractivity contribution in [3.63, 3.8) is 0 Å². The van der Waals surface area contributed by atoms with Crippen LogP contribution in [0.4, 0.5) is 0 Å². The zero-order valence-corrected chi connectivity index (χ0v) is 7.34. The summed E-state index contributed by atoms with van der Waals surface area (Å²) in [5.74, 6) is -0.498. The quantitative estimate of drug-likeness (QED) is 0.439. The summed E-state index contributed by atoms with van der Waals surface area (Å²) in [4.78, 5) is 20.8. The van der Waals surface area contributed by atoms with Gasteiger partial charge in [-0.25, -0.2) is 0 Å². The fraction of sp³-hybridized carbons (Fsp3) is 0.111. The molecule has 5 nitrogen and oxygen atoms in total. The summed E-state index contributed by atoms with van der Waals surface area (Å²) in [6.45, 7) is 3.17. The molecule has 1 N–H and O–H groups in total. The number of benzene rings is 1. The third kappa shape index (κ3) is 2.55. The van der Waals surface area contributed by atoms with E-state index in [4.69, 9.17) is 0 Å². The Morgan fingerprint density at radius 3 is 2.50 bits per heavy atom. The van der Waals surface area contributed by atoms with Crippen LogP contribution in [0.25, 0.3) is 0 Å². The molecule has 5 heteroatoms. The van der Waals surface area contributed by atoms with E-state index in [0.717, 1.165) is 0 Å². The predicted molar refractivity (Wildman–Crippen MR) is 50.0 cm³/mol. The largest absolute Gasteiger partial charge is 0.290 e. The Morgan fingerprint density at radius 1 is 1.43 bits per heavy atom. The van der Waals surface area contributed by atoms with Gasteiger partial charge >= 0.3 is 0 Å². The van der Waals surface area contributed by atoms with Gasteiger partial charge in [-0.1, -0.05) is 18.2 Å². The molecule has 14 heavy (non-hydrogen) atoms. The van der Waals surface area contributed by atoms with Crippen molar-refractivity contribution in [3.8, 4) is 0 Å². The average Bonchev–Trinajstić information content (AvgIpc) is 2.19. The van der Waals surface area contributed by atoms with Crippen molar-refractivity contribution in [2.45, 2.75) is 6.17 Å². The highest BCUT2D eigenvalue weighted by molar-refractivity contribution is 5.94. The number of rotatable bonds is 3. The van der Waals surface area contributed by atoms with Crippen molar-refractivity contribution in [1.82, 2.24) is 5.32 Å². The number of nitrogens with zero attached hydrogens (tertiary/aromatic N) is 1. The molecule has 0 aromatic heterocycles. The molecule has 1 atom stereocenters. The number of hydrogen-bond acceptors (Lipinski definition) is 3. The minimum atomic E-state index is -1.32. The van der Waals surface area contributed by atoms with E-state index in [1.807, 2.05) is 0 Å². The van der Waals surface area contributed by atoms with E-state index in [1.54, 1.807) is 30.3 Å². The van der Waals surface area contributed by atoms with Crippen LogP contribution in [0.3, 0.4) is 0 Å². The van der Waals surface area contributed by atoms with E-state index >= 15 is 0 Å². The third-order valence-corrected chi connectivity index (χ3v) is 1.59. The highest BCUT2D eigenvalue weighted by Gasteiger charge is 2.16. The van der Waals surface area contributed by atoms with E-state index in [-0.39, 0.29) is 0 Å². The van der Waals surface area contributed by atoms with Gasteiger partial charge in [0.15, 0.2) is 0 Å². The highest BCUT2D eigenvalue weighted by atomic mass is 16.6. The zero-order chi connectivity index (χ0) is 10.6. The van der Waals surface area contributed by atoms with Crippen molar-refractivity contribution < 1.29 is 9.72 Å². The van der Waals surface area contributed by atoms with E-state index in [0.29, 0.717) is 5.56 Å². The lowest BCUT2D eigenvalue weighted by Gasteiger charge is -2.05. The zero-order valence-electron chi connectivity index (χ0n) is 7.34. The SMILES string of the molecule is [CH2]C(NC(=O)c1ccccc1)[N+](=O)[O-]. The van der Waals surface area contributed by atoms with Gasteiger partial charge in [-0.2, -0.15) is 0 Å². The van der Waals surface area contributed by atoms with E-state index < -0.39 is 17.0 Å². The first-order valence-corrected chi connectivity index (χ1v) is 3.94. The van der Waals surface area contributed by atoms with Crippen LogP contribution in [0.15, 0.2) is 30.3 Å². The van der Waals surface area contributed by atoms with Crippen LogP contribution in [0.5, 0.6) is 0 Å². The Balaban J connectivity index is 2.64. The molecule has 0 fully saturated rings. The maximum absolute atomic E-state index is 11.3. The molecule has 0 saturated carbocycles. The Kier molecular flexibility index (Phi) is 3.17. The Labute approximate surface area is 80.9 Å². The van der Waals surface area contributed by atoms with Crippen LogP contribution < -0.4 is 5.32 Å². The van der Waals surface area contributed by atoms with Crippen LogP contribution in [0.2, 0.25) is 0 Å². The lowest BCUT2D eigenvalue weighted by molar-refractivity contribution is -0.514. The fourth-order valence-electron chi connectivity index (χ4n) is 0.877. The molecular weight excluding hydrogens is 184 g/mol. The van der Waals surface area contributed by atoms with Crippen molar-refractivity contribution >= 4 is 5.91 Å². The van der Waals surface area contributed by atoms with Crippen LogP contribution in [-0.2, 0) is 0 Å². The summed E-state index contributed by atoms with van der Waals surface area (Å²) in [7, 11) is 0. The Morgan fingerprint density at radius 2 is 2.00 bits per heavy atom. The molecular formula is C9H9N2O3. The minimum absolute atomic E-state index is 0.378. The Hall–Kier alpha value is -1.91. The minimum Gasteiger partial charge on any atom is -0.290 e. The lowest BCUT2D eigenvalue weighted by atomic mass is 10.2. The van der Waals surface area contributed by atoms with Gasteiger partial charge < -0.3 is 0 Å². The van der Waals surface area contributed by atoms with Gasteiger partial charge in [0.2, 0.25) is 0 Å². The molecule has 1 unspecified atom stereocenters. The summed E-state index contributed by atoms with van der Waals surface area (Å²) in [5.41, 5.74) is 0.378. The van der Waals surface area contributed by atoms with Gasteiger partial charge in [0.1, 0.15) is 0 Å². The first-order chi connectivity index (χ1) is 6.61. The number of carbonyl (C=O) groups is 1. The summed E-state index contributed by atoms with van der Waals surface area (Å²) < 4.78 is 0. The van der Waals surface area contributed by atoms with Gasteiger partial charge in [-0.3, -0.25) is 20.2 Å². The maximum Gasteiger partial charge on any atom is 0.287 e. The first-order valence-electron chi connectivity index (χ1n) is 3.94. The summed E-state index contributed by atoms with van der Waals surface area (Å²) in [5, 5.41) is 12.3. The van der Waals surface area contributed by atoms with Gasteiger partial charge in [0, 0.05) is 17.4 Å². The molecule has 1 rings (SSSR count). The topological polar surface area (TPSA) is 72.2 Å². The second-order valence-electron chi connectivity index (χ2n) is 2.64. The monoisotopic (exact) mass is 193 g/mol. The smallest absolute Gasteiger partial charge is 0.287 e. The average molecular weight is 193 g/mol. The number of nitrogens with one attached hydrogen (secondary N) is 1. The molecule has 0 bridgehead atoms. The van der Waals surface area contributed by atoms with Crippen molar-refractivity contribution in [1.29, 1.82) is 0 Å². The van der Waals surface area contributed by atoms with Gasteiger partial charge in [0.25, 0.3) is 12.1 Å². The van der Waals surface area contributed by atoms with Gasteiger partial charge in [0.05, 0.1) is 0 Å². The summed E-state index contributed by atoms with van der Waals surface area (Å²) in [6, 6.07) is 8.26. The molecule has 1 aromatic rings. The first kappa shape index (κ1) is 10.2. The van der Waals surface area contributed by atoms with Crippen molar-refractivity contribution in [2.24, 2.45) is 0 Å². The molecule has 0 spiro atoms. The third-order valence-electron chi connectivity index (χ3n) is 1.59. The number of hydrogen-bond donors (Lipinski definition) is 1. The molecule has 1 amide bonds. The predicted octanol–water partition coefficient (Wildman–Crippen LogP) is 0.853. The second kappa shape index (κ2) is 4.36. The summed E-state index contributed by atoms with van der Waals surface area (Å²) in [6.07, 6.45) is -1.32. The van der Waals surface area contributed by atoms with E-state index in [1.165, 1.54) is 0 Å². The van der Waals surface area contributed by atoms with Crippen LogP contribution in [-0.4, -0.2) is 17.0 Å². The number of carbonyl (C=O) groups excluding carboxylic acids is 1. The van der Waals surface area contributed by atoms with E-state index in [2.05, 4.69) is 12.2 Å². The van der Waals surface area contributed by atoms with Crippen molar-refractivity contribution in [2.75, 3.05) is 0 Å². The molecule has 0 heterocycles.